The van der Waals surface area contributed by atoms with Gasteiger partial charge < -0.3 is 0 Å². The molecule has 4 heteroatoms. The molecule has 1 aromatic rings. The number of nitrogens with zero attached hydrogens (tertiary/aromatic N) is 2. The normalized spacial score (nSPS) is 24.1. The average Bonchev–Trinajstić information content (AvgIpc) is 2.86. The first-order chi connectivity index (χ1) is 8.76. The van der Waals surface area contributed by atoms with Crippen molar-refractivity contribution < 1.29 is 4.79 Å². The molecule has 0 aliphatic heterocycles. The van der Waals surface area contributed by atoms with Gasteiger partial charge in [-0.3, -0.25) is 4.79 Å². The Morgan fingerprint density at radius 3 is 2.94 bits per heavy atom. The Balaban J connectivity index is 2.08. The second kappa shape index (κ2) is 6.41. The van der Waals surface area contributed by atoms with Crippen LogP contribution in [0.1, 0.15) is 67.7 Å². The van der Waals surface area contributed by atoms with E-state index in [9.17, 15) is 4.79 Å². The van der Waals surface area contributed by atoms with Crippen LogP contribution in [0.2, 0.25) is 0 Å². The maximum Gasteiger partial charge on any atom is 0.179 e. The molecule has 0 spiro atoms. The maximum atomic E-state index is 12.5. The number of rotatable bonds is 5. The molecule has 0 amide bonds. The van der Waals surface area contributed by atoms with E-state index in [0.29, 0.717) is 5.78 Å². The molecule has 1 heterocycles. The third-order valence-corrected chi connectivity index (χ3v) is 4.78. The summed E-state index contributed by atoms with van der Waals surface area (Å²) in [5.74, 6) is 1.27. The molecule has 2 rings (SSSR count). The highest BCUT2D eigenvalue weighted by Crippen LogP contribution is 2.34. The number of hydrogen-bond acceptors (Lipinski definition) is 4. The Bertz CT molecular complexity index is 402. The summed E-state index contributed by atoms with van der Waals surface area (Å²) in [6, 6.07) is 0. The molecule has 0 N–H and O–H groups in total. The maximum absolute atomic E-state index is 12.5. The van der Waals surface area contributed by atoms with E-state index in [4.69, 9.17) is 0 Å². The van der Waals surface area contributed by atoms with Crippen molar-refractivity contribution in [3.05, 3.63) is 10.6 Å². The monoisotopic (exact) mass is 266 g/mol. The summed E-state index contributed by atoms with van der Waals surface area (Å²) in [5.41, 5.74) is 0.922. The minimum atomic E-state index is 0.224. The van der Waals surface area contributed by atoms with Gasteiger partial charge in [-0.2, -0.15) is 0 Å². The fourth-order valence-corrected chi connectivity index (χ4v) is 3.61. The van der Waals surface area contributed by atoms with Crippen LogP contribution in [0.5, 0.6) is 0 Å². The third kappa shape index (κ3) is 2.97. The van der Waals surface area contributed by atoms with E-state index in [-0.39, 0.29) is 5.92 Å². The molecule has 1 saturated carbocycles. The lowest BCUT2D eigenvalue weighted by molar-refractivity contribution is 0.0865. The van der Waals surface area contributed by atoms with Crippen molar-refractivity contribution in [2.24, 2.45) is 11.8 Å². The summed E-state index contributed by atoms with van der Waals surface area (Å²) in [7, 11) is 0. The van der Waals surface area contributed by atoms with E-state index >= 15 is 0 Å². The first-order valence-electron chi connectivity index (χ1n) is 7.11. The van der Waals surface area contributed by atoms with Gasteiger partial charge in [0.25, 0.3) is 0 Å². The molecule has 3 nitrogen and oxygen atoms in total. The lowest BCUT2D eigenvalue weighted by Gasteiger charge is -2.27. The highest BCUT2D eigenvalue weighted by atomic mass is 32.1. The van der Waals surface area contributed by atoms with E-state index in [1.54, 1.807) is 0 Å². The summed E-state index contributed by atoms with van der Waals surface area (Å²) >= 11 is 1.29. The van der Waals surface area contributed by atoms with Crippen LogP contribution in [0, 0.1) is 11.8 Å². The number of hydrogen-bond donors (Lipinski definition) is 0. The van der Waals surface area contributed by atoms with Crippen LogP contribution in [-0.2, 0) is 6.42 Å². The van der Waals surface area contributed by atoms with E-state index in [1.165, 1.54) is 30.8 Å². The first-order valence-corrected chi connectivity index (χ1v) is 7.89. The van der Waals surface area contributed by atoms with E-state index in [2.05, 4.69) is 23.4 Å². The number of carbonyl (C=O) groups excluding carboxylic acids is 1. The van der Waals surface area contributed by atoms with Crippen LogP contribution in [0.25, 0.3) is 0 Å². The molecule has 0 bridgehead atoms. The Labute approximate surface area is 113 Å². The van der Waals surface area contributed by atoms with Gasteiger partial charge in [-0.15, -0.1) is 5.10 Å². The van der Waals surface area contributed by atoms with E-state index in [1.807, 2.05) is 0 Å². The SMILES string of the molecule is CCCc1nnsc1C(=O)C1CCCC(CC)C1. The summed E-state index contributed by atoms with van der Waals surface area (Å²) in [6.45, 7) is 4.34. The molecule has 2 unspecified atom stereocenters. The van der Waals surface area contributed by atoms with Crippen LogP contribution in [-0.4, -0.2) is 15.4 Å². The Morgan fingerprint density at radius 2 is 2.22 bits per heavy atom. The molecule has 18 heavy (non-hydrogen) atoms. The predicted octanol–water partition coefficient (Wildman–Crippen LogP) is 3.89. The molecule has 1 fully saturated rings. The fraction of sp³-hybridized carbons (Fsp3) is 0.786. The summed E-state index contributed by atoms with van der Waals surface area (Å²) in [4.78, 5) is 13.4. The average molecular weight is 266 g/mol. The second-order valence-electron chi connectivity index (χ2n) is 5.30. The van der Waals surface area contributed by atoms with Crippen LogP contribution in [0.15, 0.2) is 0 Å². The van der Waals surface area contributed by atoms with E-state index in [0.717, 1.165) is 42.2 Å². The van der Waals surface area contributed by atoms with Gasteiger partial charge in [-0.05, 0) is 36.7 Å². The highest BCUT2D eigenvalue weighted by molar-refractivity contribution is 7.08. The summed E-state index contributed by atoms with van der Waals surface area (Å²) in [6.07, 6.45) is 7.72. The quantitative estimate of drug-likeness (QED) is 0.759. The zero-order chi connectivity index (χ0) is 13.0. The van der Waals surface area contributed by atoms with Gasteiger partial charge in [0.1, 0.15) is 4.88 Å². The predicted molar refractivity (Wildman–Crippen MR) is 74.0 cm³/mol. The lowest BCUT2D eigenvalue weighted by atomic mass is 9.78. The number of ketones is 1. The van der Waals surface area contributed by atoms with Crippen molar-refractivity contribution in [1.29, 1.82) is 0 Å². The van der Waals surface area contributed by atoms with Gasteiger partial charge in [0.05, 0.1) is 5.69 Å². The summed E-state index contributed by atoms with van der Waals surface area (Å²) in [5, 5.41) is 4.11. The van der Waals surface area contributed by atoms with Gasteiger partial charge in [0, 0.05) is 5.92 Å². The number of Topliss-reactive ketones (excluding diaryl/α,β-unsaturated/α-hetero) is 1. The smallest absolute Gasteiger partial charge is 0.179 e. The summed E-state index contributed by atoms with van der Waals surface area (Å²) < 4.78 is 3.97. The second-order valence-corrected chi connectivity index (χ2v) is 6.05. The molecule has 1 aliphatic carbocycles. The van der Waals surface area contributed by atoms with Crippen LogP contribution < -0.4 is 0 Å². The fourth-order valence-electron chi connectivity index (χ4n) is 2.88. The molecule has 1 aliphatic rings. The van der Waals surface area contributed by atoms with Crippen LogP contribution in [0.3, 0.4) is 0 Å². The molecule has 0 aromatic carbocycles. The highest BCUT2D eigenvalue weighted by Gasteiger charge is 2.29. The molecule has 100 valence electrons. The van der Waals surface area contributed by atoms with Gasteiger partial charge >= 0.3 is 0 Å². The first kappa shape index (κ1) is 13.7. The zero-order valence-electron chi connectivity index (χ0n) is 11.3. The van der Waals surface area contributed by atoms with Crippen LogP contribution >= 0.6 is 11.5 Å². The Morgan fingerprint density at radius 1 is 1.39 bits per heavy atom. The topological polar surface area (TPSA) is 42.9 Å². The van der Waals surface area contributed by atoms with Crippen molar-refractivity contribution in [3.8, 4) is 0 Å². The minimum Gasteiger partial charge on any atom is -0.293 e. The minimum absolute atomic E-state index is 0.224. The van der Waals surface area contributed by atoms with Crippen molar-refractivity contribution in [1.82, 2.24) is 9.59 Å². The zero-order valence-corrected chi connectivity index (χ0v) is 12.1. The third-order valence-electron chi connectivity index (χ3n) is 4.00. The molecule has 2 atom stereocenters. The largest absolute Gasteiger partial charge is 0.293 e. The van der Waals surface area contributed by atoms with Gasteiger partial charge in [0.2, 0.25) is 0 Å². The van der Waals surface area contributed by atoms with Crippen LogP contribution in [0.4, 0.5) is 0 Å². The number of aromatic nitrogens is 2. The van der Waals surface area contributed by atoms with Crippen molar-refractivity contribution in [2.45, 2.75) is 58.8 Å². The number of aryl methyl sites for hydroxylation is 1. The standard InChI is InChI=1S/C14H22N2OS/c1-3-6-12-14(18-16-15-12)13(17)11-8-5-7-10(4-2)9-11/h10-11H,3-9H2,1-2H3. The lowest BCUT2D eigenvalue weighted by Crippen LogP contribution is -2.23. The Hall–Kier alpha value is -0.770. The van der Waals surface area contributed by atoms with Gasteiger partial charge in [-0.1, -0.05) is 44.0 Å². The molecular formula is C14H22N2OS. The molecular weight excluding hydrogens is 244 g/mol. The van der Waals surface area contributed by atoms with Crippen molar-refractivity contribution >= 4 is 17.3 Å². The van der Waals surface area contributed by atoms with Gasteiger partial charge in [0.15, 0.2) is 5.78 Å². The van der Waals surface area contributed by atoms with E-state index < -0.39 is 0 Å². The van der Waals surface area contributed by atoms with Crippen molar-refractivity contribution in [3.63, 3.8) is 0 Å². The molecule has 0 saturated heterocycles. The molecule has 0 radical (unpaired) electrons. The van der Waals surface area contributed by atoms with Crippen molar-refractivity contribution in [2.75, 3.05) is 0 Å². The Kier molecular flexibility index (Phi) is 4.87. The molecule has 1 aromatic heterocycles. The number of carbonyl (C=O) groups is 1. The van der Waals surface area contributed by atoms with Gasteiger partial charge in [-0.25, -0.2) is 0 Å².